The van der Waals surface area contributed by atoms with Gasteiger partial charge in [-0.3, -0.25) is 9.78 Å². The lowest BCUT2D eigenvalue weighted by atomic mass is 10.3. The van der Waals surface area contributed by atoms with Gasteiger partial charge >= 0.3 is 11.5 Å². The van der Waals surface area contributed by atoms with Crippen molar-refractivity contribution < 1.29 is 0 Å². The standard InChI is InChI=1S/C10H6N4O2/c1-11-8-9(15)12-10(16)14(13-8)7-5-3-2-4-6-7/h2-6H,(H,12,15,16). The van der Waals surface area contributed by atoms with Crippen LogP contribution < -0.4 is 11.2 Å². The minimum absolute atomic E-state index is 0.358. The number of nitrogens with zero attached hydrogens (tertiary/aromatic N) is 3. The van der Waals surface area contributed by atoms with Crippen molar-refractivity contribution in [3.05, 3.63) is 62.6 Å². The normalized spacial score (nSPS) is 9.69. The molecule has 6 nitrogen and oxygen atoms in total. The van der Waals surface area contributed by atoms with Gasteiger partial charge in [-0.05, 0) is 17.2 Å². The molecular formula is C10H6N4O2. The lowest BCUT2D eigenvalue weighted by Gasteiger charge is -1.98. The second kappa shape index (κ2) is 3.82. The Hall–Kier alpha value is -2.68. The van der Waals surface area contributed by atoms with Crippen molar-refractivity contribution in [2.45, 2.75) is 0 Å². The second-order valence-corrected chi connectivity index (χ2v) is 2.94. The molecule has 0 atom stereocenters. The maximum Gasteiger partial charge on any atom is 0.365 e. The van der Waals surface area contributed by atoms with Gasteiger partial charge in [-0.15, -0.1) is 4.68 Å². The molecule has 16 heavy (non-hydrogen) atoms. The molecule has 0 aliphatic heterocycles. The first-order chi connectivity index (χ1) is 7.72. The van der Waals surface area contributed by atoms with E-state index < -0.39 is 11.2 Å². The highest BCUT2D eigenvalue weighted by atomic mass is 16.2. The SMILES string of the molecule is [C-]#[N+]c1nn(-c2ccccc2)c(=O)[nH]c1=O. The average Bonchev–Trinajstić information content (AvgIpc) is 2.30. The summed E-state index contributed by atoms with van der Waals surface area (Å²) in [6.45, 7) is 6.74. The fraction of sp³-hybridized carbons (Fsp3) is 0. The molecule has 1 N–H and O–H groups in total. The molecule has 1 aromatic heterocycles. The molecule has 2 rings (SSSR count). The van der Waals surface area contributed by atoms with Gasteiger partial charge in [0.15, 0.2) is 0 Å². The Morgan fingerprint density at radius 3 is 2.56 bits per heavy atom. The average molecular weight is 214 g/mol. The monoisotopic (exact) mass is 214 g/mol. The number of para-hydroxylation sites is 1. The van der Waals surface area contributed by atoms with E-state index >= 15 is 0 Å². The Balaban J connectivity index is 2.73. The molecule has 78 valence electrons. The topological polar surface area (TPSA) is 72.1 Å². The highest BCUT2D eigenvalue weighted by molar-refractivity contribution is 5.34. The summed E-state index contributed by atoms with van der Waals surface area (Å²) in [6, 6.07) is 8.55. The summed E-state index contributed by atoms with van der Waals surface area (Å²) in [6.07, 6.45) is 0. The van der Waals surface area contributed by atoms with E-state index in [9.17, 15) is 9.59 Å². The number of aromatic amines is 1. The number of hydrogen-bond donors (Lipinski definition) is 1. The van der Waals surface area contributed by atoms with Crippen molar-refractivity contribution in [3.8, 4) is 5.69 Å². The van der Waals surface area contributed by atoms with Gasteiger partial charge in [0, 0.05) is 0 Å². The zero-order chi connectivity index (χ0) is 11.5. The molecule has 0 amide bonds. The van der Waals surface area contributed by atoms with Crippen molar-refractivity contribution in [1.82, 2.24) is 14.8 Å². The minimum atomic E-state index is -0.771. The predicted molar refractivity (Wildman–Crippen MR) is 56.7 cm³/mol. The molecule has 2 aromatic rings. The molecule has 1 aromatic carbocycles. The van der Waals surface area contributed by atoms with Crippen LogP contribution in [0.25, 0.3) is 10.5 Å². The molecular weight excluding hydrogens is 208 g/mol. The summed E-state index contributed by atoms with van der Waals surface area (Å²) >= 11 is 0. The van der Waals surface area contributed by atoms with Crippen LogP contribution in [-0.2, 0) is 0 Å². The Kier molecular flexibility index (Phi) is 2.36. The van der Waals surface area contributed by atoms with Gasteiger partial charge in [0.1, 0.15) is 0 Å². The first kappa shape index (κ1) is 9.86. The van der Waals surface area contributed by atoms with Crippen LogP contribution >= 0.6 is 0 Å². The zero-order valence-electron chi connectivity index (χ0n) is 8.04. The van der Waals surface area contributed by atoms with Crippen LogP contribution in [0.4, 0.5) is 5.82 Å². The number of nitrogens with one attached hydrogen (secondary N) is 1. The maximum atomic E-state index is 11.5. The van der Waals surface area contributed by atoms with Crippen molar-refractivity contribution >= 4 is 5.82 Å². The van der Waals surface area contributed by atoms with E-state index in [1.165, 1.54) is 0 Å². The van der Waals surface area contributed by atoms with Crippen LogP contribution in [0.1, 0.15) is 0 Å². The minimum Gasteiger partial charge on any atom is -0.354 e. The van der Waals surface area contributed by atoms with Crippen molar-refractivity contribution in [2.24, 2.45) is 0 Å². The van der Waals surface area contributed by atoms with E-state index in [0.717, 1.165) is 4.68 Å². The summed E-state index contributed by atoms with van der Waals surface area (Å²) in [5.41, 5.74) is -0.940. The lowest BCUT2D eigenvalue weighted by molar-refractivity contribution is 0.761. The highest BCUT2D eigenvalue weighted by Crippen LogP contribution is 2.02. The van der Waals surface area contributed by atoms with Crippen molar-refractivity contribution in [2.75, 3.05) is 0 Å². The quantitative estimate of drug-likeness (QED) is 0.701. The number of hydrogen-bond acceptors (Lipinski definition) is 3. The number of benzene rings is 1. The molecule has 0 spiro atoms. The highest BCUT2D eigenvalue weighted by Gasteiger charge is 2.09. The van der Waals surface area contributed by atoms with Gasteiger partial charge < -0.3 is 4.85 Å². The Bertz CT molecular complexity index is 664. The van der Waals surface area contributed by atoms with E-state index in [4.69, 9.17) is 6.57 Å². The van der Waals surface area contributed by atoms with Gasteiger partial charge in [0.2, 0.25) is 0 Å². The van der Waals surface area contributed by atoms with Crippen LogP contribution in [0.5, 0.6) is 0 Å². The molecule has 6 heteroatoms. The molecule has 0 saturated heterocycles. The third-order valence-electron chi connectivity index (χ3n) is 1.92. The summed E-state index contributed by atoms with van der Waals surface area (Å²) in [7, 11) is 0. The molecule has 0 saturated carbocycles. The number of rotatable bonds is 1. The molecule has 1 heterocycles. The smallest absolute Gasteiger partial charge is 0.354 e. The Morgan fingerprint density at radius 1 is 1.25 bits per heavy atom. The first-order valence-corrected chi connectivity index (χ1v) is 4.39. The van der Waals surface area contributed by atoms with Crippen molar-refractivity contribution in [3.63, 3.8) is 0 Å². The van der Waals surface area contributed by atoms with E-state index in [2.05, 4.69) is 9.94 Å². The van der Waals surface area contributed by atoms with Gasteiger partial charge in [0.05, 0.1) is 5.69 Å². The summed E-state index contributed by atoms with van der Waals surface area (Å²) in [5.74, 6) is -0.358. The molecule has 0 unspecified atom stereocenters. The summed E-state index contributed by atoms with van der Waals surface area (Å²) in [4.78, 5) is 27.5. The molecule has 0 radical (unpaired) electrons. The fourth-order valence-electron chi connectivity index (χ4n) is 1.21. The summed E-state index contributed by atoms with van der Waals surface area (Å²) in [5, 5.41) is 3.67. The van der Waals surface area contributed by atoms with Gasteiger partial charge in [-0.25, -0.2) is 4.79 Å². The Morgan fingerprint density at radius 2 is 1.94 bits per heavy atom. The molecule has 0 fully saturated rings. The predicted octanol–water partition coefficient (Wildman–Crippen LogP) is 0.472. The van der Waals surface area contributed by atoms with Crippen LogP contribution in [0.2, 0.25) is 0 Å². The van der Waals surface area contributed by atoms with Crippen molar-refractivity contribution in [1.29, 1.82) is 0 Å². The third-order valence-corrected chi connectivity index (χ3v) is 1.92. The molecule has 0 aliphatic rings. The van der Waals surface area contributed by atoms with E-state index in [1.807, 2.05) is 4.98 Å². The zero-order valence-corrected chi connectivity index (χ0v) is 8.04. The number of aromatic nitrogens is 3. The van der Waals surface area contributed by atoms with Crippen LogP contribution in [-0.4, -0.2) is 14.8 Å². The molecule has 0 aliphatic carbocycles. The van der Waals surface area contributed by atoms with Crippen LogP contribution in [0.3, 0.4) is 0 Å². The van der Waals surface area contributed by atoms with Gasteiger partial charge in [-0.2, -0.15) is 0 Å². The lowest BCUT2D eigenvalue weighted by Crippen LogP contribution is -2.30. The molecule has 0 bridgehead atoms. The Labute approximate surface area is 89.6 Å². The fourth-order valence-corrected chi connectivity index (χ4v) is 1.21. The first-order valence-electron chi connectivity index (χ1n) is 4.39. The second-order valence-electron chi connectivity index (χ2n) is 2.94. The maximum absolute atomic E-state index is 11.5. The third kappa shape index (κ3) is 1.62. The largest absolute Gasteiger partial charge is 0.365 e. The van der Waals surface area contributed by atoms with E-state index in [1.54, 1.807) is 30.3 Å². The van der Waals surface area contributed by atoms with E-state index in [0.29, 0.717) is 5.69 Å². The van der Waals surface area contributed by atoms with Crippen LogP contribution in [0, 0.1) is 6.57 Å². The number of H-pyrrole nitrogens is 1. The van der Waals surface area contributed by atoms with E-state index in [-0.39, 0.29) is 5.82 Å². The summed E-state index contributed by atoms with van der Waals surface area (Å²) < 4.78 is 0.981. The van der Waals surface area contributed by atoms with Gasteiger partial charge in [-0.1, -0.05) is 24.8 Å². The van der Waals surface area contributed by atoms with Crippen LogP contribution in [0.15, 0.2) is 39.9 Å². The van der Waals surface area contributed by atoms with Gasteiger partial charge in [0.25, 0.3) is 5.56 Å².